The van der Waals surface area contributed by atoms with E-state index in [4.69, 9.17) is 0 Å². The van der Waals surface area contributed by atoms with E-state index in [9.17, 15) is 18.0 Å². The molecule has 6 nitrogen and oxygen atoms in total. The van der Waals surface area contributed by atoms with Gasteiger partial charge in [0, 0.05) is 33.7 Å². The van der Waals surface area contributed by atoms with Gasteiger partial charge in [0.05, 0.1) is 6.54 Å². The summed E-state index contributed by atoms with van der Waals surface area (Å²) in [6, 6.07) is 0. The van der Waals surface area contributed by atoms with Crippen LogP contribution in [0.5, 0.6) is 0 Å². The van der Waals surface area contributed by atoms with Crippen LogP contribution in [0.15, 0.2) is 4.99 Å². The van der Waals surface area contributed by atoms with E-state index < -0.39 is 18.6 Å². The Morgan fingerprint density at radius 1 is 1.23 bits per heavy atom. The standard InChI is InChI=1S/C17H30F3N5O/c1-21-16(22-10-15(26)23(2)13-17(18,19)20)25-9-6-14(12-25)11-24-7-4-3-5-8-24/h14H,3-13H2,1-2H3,(H,21,22). The van der Waals surface area contributed by atoms with Gasteiger partial charge in [-0.15, -0.1) is 0 Å². The molecular formula is C17H30F3N5O. The fraction of sp³-hybridized carbons (Fsp3) is 0.882. The lowest BCUT2D eigenvalue weighted by atomic mass is 10.1. The summed E-state index contributed by atoms with van der Waals surface area (Å²) >= 11 is 0. The van der Waals surface area contributed by atoms with Gasteiger partial charge in [0.1, 0.15) is 6.54 Å². The minimum Gasteiger partial charge on any atom is -0.347 e. The molecule has 2 heterocycles. The Labute approximate surface area is 153 Å². The maximum atomic E-state index is 12.4. The van der Waals surface area contributed by atoms with Crippen LogP contribution in [0.25, 0.3) is 0 Å². The number of carbonyl (C=O) groups is 1. The zero-order chi connectivity index (χ0) is 19.2. The molecule has 1 unspecified atom stereocenters. The van der Waals surface area contributed by atoms with Gasteiger partial charge in [0.2, 0.25) is 5.91 Å². The topological polar surface area (TPSA) is 51.2 Å². The van der Waals surface area contributed by atoms with E-state index in [0.29, 0.717) is 16.8 Å². The molecule has 0 radical (unpaired) electrons. The highest BCUT2D eigenvalue weighted by Crippen LogP contribution is 2.20. The number of alkyl halides is 3. The molecule has 0 aromatic heterocycles. The van der Waals surface area contributed by atoms with Crippen LogP contribution >= 0.6 is 0 Å². The van der Waals surface area contributed by atoms with Crippen LogP contribution in [0.1, 0.15) is 25.7 Å². The second-order valence-electron chi connectivity index (χ2n) is 7.23. The molecule has 0 saturated carbocycles. The number of likely N-dealkylation sites (N-methyl/N-ethyl adjacent to an activating group) is 1. The fourth-order valence-electron chi connectivity index (χ4n) is 3.66. The molecule has 9 heteroatoms. The largest absolute Gasteiger partial charge is 0.406 e. The number of rotatable bonds is 5. The summed E-state index contributed by atoms with van der Waals surface area (Å²) in [4.78, 5) is 21.3. The van der Waals surface area contributed by atoms with Gasteiger partial charge in [-0.1, -0.05) is 6.42 Å². The lowest BCUT2D eigenvalue weighted by Crippen LogP contribution is -2.46. The maximum Gasteiger partial charge on any atom is 0.406 e. The van der Waals surface area contributed by atoms with Gasteiger partial charge >= 0.3 is 6.18 Å². The molecule has 0 spiro atoms. The Balaban J connectivity index is 1.75. The van der Waals surface area contributed by atoms with Gasteiger partial charge in [0.15, 0.2) is 5.96 Å². The molecule has 1 N–H and O–H groups in total. The summed E-state index contributed by atoms with van der Waals surface area (Å²) in [5, 5.41) is 2.91. The third-order valence-corrected chi connectivity index (χ3v) is 5.00. The predicted molar refractivity (Wildman–Crippen MR) is 95.0 cm³/mol. The van der Waals surface area contributed by atoms with E-state index >= 15 is 0 Å². The van der Waals surface area contributed by atoms with Crippen molar-refractivity contribution in [3.05, 3.63) is 0 Å². The summed E-state index contributed by atoms with van der Waals surface area (Å²) in [7, 11) is 2.79. The van der Waals surface area contributed by atoms with Gasteiger partial charge in [-0.05, 0) is 38.3 Å². The quantitative estimate of drug-likeness (QED) is 0.581. The Bertz CT molecular complexity index is 491. The number of guanidine groups is 1. The number of carbonyl (C=O) groups excluding carboxylic acids is 1. The molecule has 0 aromatic rings. The second-order valence-corrected chi connectivity index (χ2v) is 7.23. The van der Waals surface area contributed by atoms with Crippen LogP contribution in [-0.2, 0) is 4.79 Å². The normalized spacial score (nSPS) is 22.6. The monoisotopic (exact) mass is 377 g/mol. The molecule has 0 bridgehead atoms. The van der Waals surface area contributed by atoms with E-state index in [2.05, 4.69) is 20.1 Å². The minimum absolute atomic E-state index is 0.188. The van der Waals surface area contributed by atoms with Crippen molar-refractivity contribution in [2.45, 2.75) is 31.9 Å². The zero-order valence-electron chi connectivity index (χ0n) is 15.7. The number of nitrogens with one attached hydrogen (secondary N) is 1. The molecule has 0 aromatic carbocycles. The first-order valence-corrected chi connectivity index (χ1v) is 9.27. The van der Waals surface area contributed by atoms with E-state index in [1.54, 1.807) is 7.05 Å². The maximum absolute atomic E-state index is 12.4. The molecule has 2 rings (SSSR count). The van der Waals surface area contributed by atoms with E-state index in [-0.39, 0.29) is 6.54 Å². The van der Waals surface area contributed by atoms with E-state index in [0.717, 1.165) is 33.1 Å². The molecule has 150 valence electrons. The van der Waals surface area contributed by atoms with Crippen LogP contribution in [0.2, 0.25) is 0 Å². The SMILES string of the molecule is CN=C(NCC(=O)N(C)CC(F)(F)F)N1CCC(CN2CCCCC2)C1. The number of hydrogen-bond donors (Lipinski definition) is 1. The van der Waals surface area contributed by atoms with Gasteiger partial charge in [-0.25, -0.2) is 0 Å². The molecule has 2 saturated heterocycles. The number of likely N-dealkylation sites (tertiary alicyclic amines) is 2. The first-order chi connectivity index (χ1) is 12.3. The van der Waals surface area contributed by atoms with E-state index in [1.807, 2.05) is 0 Å². The van der Waals surface area contributed by atoms with Crippen molar-refractivity contribution in [1.82, 2.24) is 20.0 Å². The van der Waals surface area contributed by atoms with Crippen molar-refractivity contribution in [2.75, 3.05) is 59.9 Å². The third kappa shape index (κ3) is 6.66. The van der Waals surface area contributed by atoms with Crippen LogP contribution in [0.3, 0.4) is 0 Å². The van der Waals surface area contributed by atoms with Crippen LogP contribution in [-0.4, -0.2) is 92.7 Å². The Kier molecular flexibility index (Phi) is 7.55. The predicted octanol–water partition coefficient (Wildman–Crippen LogP) is 1.39. The Morgan fingerprint density at radius 3 is 2.54 bits per heavy atom. The minimum atomic E-state index is -4.39. The Hall–Kier alpha value is -1.51. The molecule has 2 aliphatic rings. The van der Waals surface area contributed by atoms with Gasteiger partial charge < -0.3 is 20.0 Å². The average Bonchev–Trinajstić information content (AvgIpc) is 3.03. The first-order valence-electron chi connectivity index (χ1n) is 9.27. The molecule has 2 fully saturated rings. The summed E-state index contributed by atoms with van der Waals surface area (Å²) in [6.07, 6.45) is 0.545. The van der Waals surface area contributed by atoms with Gasteiger partial charge in [-0.2, -0.15) is 13.2 Å². The number of amides is 1. The Morgan fingerprint density at radius 2 is 1.92 bits per heavy atom. The highest BCUT2D eigenvalue weighted by molar-refractivity contribution is 5.86. The lowest BCUT2D eigenvalue weighted by molar-refractivity contribution is -0.157. The van der Waals surface area contributed by atoms with Gasteiger partial charge in [0.25, 0.3) is 0 Å². The molecule has 2 aliphatic heterocycles. The number of nitrogens with zero attached hydrogens (tertiary/aromatic N) is 4. The van der Waals surface area contributed by atoms with Crippen molar-refractivity contribution in [3.63, 3.8) is 0 Å². The van der Waals surface area contributed by atoms with Crippen molar-refractivity contribution in [3.8, 4) is 0 Å². The smallest absolute Gasteiger partial charge is 0.347 e. The van der Waals surface area contributed by atoms with Crippen LogP contribution < -0.4 is 5.32 Å². The highest BCUT2D eigenvalue weighted by atomic mass is 19.4. The zero-order valence-corrected chi connectivity index (χ0v) is 15.7. The number of piperidine rings is 1. The number of hydrogen-bond acceptors (Lipinski definition) is 3. The van der Waals surface area contributed by atoms with Crippen molar-refractivity contribution in [1.29, 1.82) is 0 Å². The summed E-state index contributed by atoms with van der Waals surface area (Å²) in [5.41, 5.74) is 0. The first kappa shape index (κ1) is 20.8. The average molecular weight is 377 g/mol. The molecule has 1 atom stereocenters. The second kappa shape index (κ2) is 9.43. The van der Waals surface area contributed by atoms with E-state index in [1.165, 1.54) is 32.4 Å². The number of halogens is 3. The van der Waals surface area contributed by atoms with Crippen molar-refractivity contribution in [2.24, 2.45) is 10.9 Å². The van der Waals surface area contributed by atoms with Crippen molar-refractivity contribution < 1.29 is 18.0 Å². The van der Waals surface area contributed by atoms with Crippen LogP contribution in [0, 0.1) is 5.92 Å². The molecule has 26 heavy (non-hydrogen) atoms. The number of aliphatic imine (C=N–C) groups is 1. The fourth-order valence-corrected chi connectivity index (χ4v) is 3.66. The van der Waals surface area contributed by atoms with Gasteiger partial charge in [-0.3, -0.25) is 9.79 Å². The molecule has 1 amide bonds. The van der Waals surface area contributed by atoms with Crippen LogP contribution in [0.4, 0.5) is 13.2 Å². The lowest BCUT2D eigenvalue weighted by Gasteiger charge is -2.29. The summed E-state index contributed by atoms with van der Waals surface area (Å²) < 4.78 is 37.1. The summed E-state index contributed by atoms with van der Waals surface area (Å²) in [5.74, 6) is 0.544. The molecular weight excluding hydrogens is 347 g/mol. The van der Waals surface area contributed by atoms with Crippen molar-refractivity contribution >= 4 is 11.9 Å². The third-order valence-electron chi connectivity index (χ3n) is 5.00. The molecule has 0 aliphatic carbocycles. The summed E-state index contributed by atoms with van der Waals surface area (Å²) in [6.45, 7) is 3.71. The highest BCUT2D eigenvalue weighted by Gasteiger charge is 2.31.